The van der Waals surface area contributed by atoms with Gasteiger partial charge in [0.1, 0.15) is 23.6 Å². The molecule has 5 fully saturated rings. The molecule has 6 aliphatic carbocycles. The quantitative estimate of drug-likeness (QED) is 0.114. The summed E-state index contributed by atoms with van der Waals surface area (Å²) in [4.78, 5) is 27.0. The van der Waals surface area contributed by atoms with E-state index in [0.717, 1.165) is 23.0 Å². The molecule has 7 N–H and O–H groups in total. The number of carbonyl (C=O) groups is 2. The fraction of sp³-hybridized carbons (Fsp3) is 0.714. The topological polar surface area (TPSA) is 177 Å². The minimum absolute atomic E-state index is 0.0866. The third-order valence-electron chi connectivity index (χ3n) is 15.9. The predicted molar refractivity (Wildman–Crippen MR) is 191 cm³/mol. The number of rotatable bonds is 9. The van der Waals surface area contributed by atoms with E-state index in [-0.39, 0.29) is 55.6 Å². The fourth-order valence-corrected chi connectivity index (χ4v) is 14.0. The molecule has 10 heteroatoms. The second-order valence-electron chi connectivity index (χ2n) is 18.4. The van der Waals surface area contributed by atoms with E-state index < -0.39 is 75.6 Å². The number of aliphatic hydroxyl groups excluding tert-OH is 3. The van der Waals surface area contributed by atoms with Gasteiger partial charge in [-0.05, 0) is 91.9 Å². The molecule has 10 nitrogen and oxygen atoms in total. The number of allylic oxidation sites excluding steroid dienone is 2. The molecule has 8 rings (SSSR count). The summed E-state index contributed by atoms with van der Waals surface area (Å²) in [6, 6.07) is 7.60. The zero-order valence-corrected chi connectivity index (χ0v) is 30.8. The number of aliphatic hydroxyl groups is 6. The highest BCUT2D eigenvalue weighted by atomic mass is 16.5. The van der Waals surface area contributed by atoms with Crippen molar-refractivity contribution in [3.8, 4) is 0 Å². The molecular formula is C42H57NO9. The molecule has 16 atom stereocenters. The van der Waals surface area contributed by atoms with Crippen molar-refractivity contribution in [1.82, 2.24) is 5.32 Å². The maximum absolute atomic E-state index is 13.8. The van der Waals surface area contributed by atoms with E-state index >= 15 is 0 Å². The Morgan fingerprint density at radius 2 is 1.77 bits per heavy atom. The average Bonchev–Trinajstić information content (AvgIpc) is 3.59. The van der Waals surface area contributed by atoms with E-state index in [0.29, 0.717) is 32.1 Å². The van der Waals surface area contributed by atoms with Crippen molar-refractivity contribution >= 4 is 12.3 Å². The average molecular weight is 720 g/mol. The van der Waals surface area contributed by atoms with Gasteiger partial charge in [-0.25, -0.2) is 4.79 Å². The molecule has 7 aliphatic rings. The second-order valence-corrected chi connectivity index (χ2v) is 18.4. The summed E-state index contributed by atoms with van der Waals surface area (Å²) in [6.45, 7) is 5.98. The Bertz CT molecular complexity index is 1680. The van der Waals surface area contributed by atoms with Crippen LogP contribution in [0, 0.1) is 58.2 Å². The van der Waals surface area contributed by atoms with Gasteiger partial charge in [-0.15, -0.1) is 0 Å². The van der Waals surface area contributed by atoms with Crippen LogP contribution in [0.1, 0.15) is 76.8 Å². The maximum atomic E-state index is 13.8. The number of fused-ring (bicyclic) bond motifs is 6. The van der Waals surface area contributed by atoms with Gasteiger partial charge in [0.25, 0.3) is 0 Å². The lowest BCUT2D eigenvalue weighted by Crippen LogP contribution is -2.86. The number of aldehydes is 1. The highest BCUT2D eigenvalue weighted by molar-refractivity contribution is 5.86. The standard InChI is InChI=1S/C42H57NO9/c1-22(2)9-12-31-37(48)42(51)36-24(10-11-27-15-28(46)19-40(31,49)39(27,36)21-45)17-38(3)34-26(18-41(38,42)50)13-29(35-30(34)16-33(47)52-35)32(43-4)14-23-7-5-6-8-25(23)20-44/h5-8,10-11,16,21-22,24,26-29,31-32,34-37,43-44,46,48-51H,9,12-15,17-20H2,1-4H3/t24-,26+,27-,28+,29+,31-,32-,34-,35+,36+,37+,38+,39-,40-,41-,42+/m1/s1. The lowest BCUT2D eigenvalue weighted by atomic mass is 9.32. The Labute approximate surface area is 306 Å². The molecule has 0 saturated heterocycles. The minimum Gasteiger partial charge on any atom is -0.454 e. The summed E-state index contributed by atoms with van der Waals surface area (Å²) in [6.07, 6.45) is 6.05. The zero-order chi connectivity index (χ0) is 37.2. The minimum atomic E-state index is -2.18. The van der Waals surface area contributed by atoms with Crippen LogP contribution in [-0.4, -0.2) is 91.1 Å². The van der Waals surface area contributed by atoms with Gasteiger partial charge in [-0.2, -0.15) is 0 Å². The first kappa shape index (κ1) is 36.5. The van der Waals surface area contributed by atoms with Crippen LogP contribution in [0.4, 0.5) is 0 Å². The predicted octanol–water partition coefficient (Wildman–Crippen LogP) is 2.61. The smallest absolute Gasteiger partial charge is 0.331 e. The van der Waals surface area contributed by atoms with Gasteiger partial charge >= 0.3 is 5.97 Å². The summed E-state index contributed by atoms with van der Waals surface area (Å²) < 4.78 is 6.10. The Morgan fingerprint density at radius 1 is 1.04 bits per heavy atom. The summed E-state index contributed by atoms with van der Waals surface area (Å²) in [5.74, 6) is -3.94. The Kier molecular flexibility index (Phi) is 8.63. The van der Waals surface area contributed by atoms with Gasteiger partial charge in [-0.3, -0.25) is 0 Å². The number of hydrogen-bond acceptors (Lipinski definition) is 10. The Hall–Kier alpha value is -2.44. The van der Waals surface area contributed by atoms with Gasteiger partial charge < -0.3 is 45.5 Å². The Balaban J connectivity index is 1.25. The summed E-state index contributed by atoms with van der Waals surface area (Å²) in [5, 5.41) is 77.5. The molecule has 0 aromatic heterocycles. The normalized spacial score (nSPS) is 49.0. The molecule has 284 valence electrons. The maximum Gasteiger partial charge on any atom is 0.331 e. The van der Waals surface area contributed by atoms with Crippen molar-refractivity contribution in [3.63, 3.8) is 0 Å². The van der Waals surface area contributed by atoms with Gasteiger partial charge in [0.05, 0.1) is 29.8 Å². The second kappa shape index (κ2) is 12.3. The summed E-state index contributed by atoms with van der Waals surface area (Å²) >= 11 is 0. The first-order chi connectivity index (χ1) is 24.6. The van der Waals surface area contributed by atoms with E-state index in [1.165, 1.54) is 0 Å². The van der Waals surface area contributed by atoms with Crippen molar-refractivity contribution < 1.29 is 45.0 Å². The van der Waals surface area contributed by atoms with Crippen LogP contribution in [-0.2, 0) is 27.4 Å². The van der Waals surface area contributed by atoms with E-state index in [2.05, 4.69) is 5.32 Å². The third kappa shape index (κ3) is 4.49. The molecule has 1 aromatic carbocycles. The molecule has 0 amide bonds. The van der Waals surface area contributed by atoms with Crippen molar-refractivity contribution in [1.29, 1.82) is 0 Å². The molecule has 0 unspecified atom stereocenters. The number of ether oxygens (including phenoxy) is 1. The van der Waals surface area contributed by atoms with Crippen LogP contribution < -0.4 is 5.32 Å². The first-order valence-electron chi connectivity index (χ1n) is 19.6. The number of esters is 1. The molecule has 0 bridgehead atoms. The van der Waals surface area contributed by atoms with E-state index in [1.54, 1.807) is 6.08 Å². The van der Waals surface area contributed by atoms with Crippen LogP contribution >= 0.6 is 0 Å². The van der Waals surface area contributed by atoms with Crippen LogP contribution in [0.5, 0.6) is 0 Å². The Morgan fingerprint density at radius 3 is 2.44 bits per heavy atom. The van der Waals surface area contributed by atoms with E-state index in [4.69, 9.17) is 4.74 Å². The summed E-state index contributed by atoms with van der Waals surface area (Å²) in [5.41, 5.74) is -5.78. The van der Waals surface area contributed by atoms with Crippen molar-refractivity contribution in [3.05, 3.63) is 59.2 Å². The summed E-state index contributed by atoms with van der Waals surface area (Å²) in [7, 11) is 1.88. The van der Waals surface area contributed by atoms with Gasteiger partial charge in [-0.1, -0.05) is 63.6 Å². The molecule has 1 aliphatic heterocycles. The van der Waals surface area contributed by atoms with Crippen molar-refractivity contribution in [2.45, 2.75) is 120 Å². The third-order valence-corrected chi connectivity index (χ3v) is 15.9. The lowest BCUT2D eigenvalue weighted by Gasteiger charge is -2.75. The van der Waals surface area contributed by atoms with Gasteiger partial charge in [0.2, 0.25) is 0 Å². The molecule has 1 heterocycles. The van der Waals surface area contributed by atoms with E-state index in [9.17, 15) is 40.2 Å². The highest BCUT2D eigenvalue weighted by Gasteiger charge is 2.86. The SMILES string of the molecule is CN[C@H](Cc1ccccc1CO)[C@@H]1C[C@H]2C[C@]3(O)[C@]4(O)[C@H]5[C@H](C=C[C@@H]6C[C@H](O)C[C@@](O)([C@H](CCC(C)C)[C@@H]4O)[C@]65C=O)C[C@@]3(C)[C@H]2C2=CC(=O)O[C@H]21. The lowest BCUT2D eigenvalue weighted by molar-refractivity contribution is -0.379. The van der Waals surface area contributed by atoms with Gasteiger partial charge in [0, 0.05) is 41.7 Å². The molecule has 5 saturated carbocycles. The molecular weight excluding hydrogens is 662 g/mol. The first-order valence-corrected chi connectivity index (χ1v) is 19.6. The van der Waals surface area contributed by atoms with Crippen molar-refractivity contribution in [2.75, 3.05) is 7.05 Å². The van der Waals surface area contributed by atoms with Crippen LogP contribution in [0.2, 0.25) is 0 Å². The molecule has 1 aromatic rings. The van der Waals surface area contributed by atoms with E-state index in [1.807, 2.05) is 64.2 Å². The zero-order valence-electron chi connectivity index (χ0n) is 30.8. The van der Waals surface area contributed by atoms with Crippen LogP contribution in [0.3, 0.4) is 0 Å². The van der Waals surface area contributed by atoms with Crippen LogP contribution in [0.15, 0.2) is 48.1 Å². The number of nitrogens with one attached hydrogen (secondary N) is 1. The fourth-order valence-electron chi connectivity index (χ4n) is 14.0. The van der Waals surface area contributed by atoms with Crippen molar-refractivity contribution in [2.24, 2.45) is 58.2 Å². The number of hydrogen-bond donors (Lipinski definition) is 7. The number of carbonyl (C=O) groups excluding carboxylic acids is 2. The number of benzene rings is 1. The van der Waals surface area contributed by atoms with Gasteiger partial charge in [0.15, 0.2) is 0 Å². The number of likely N-dealkylation sites (N-methyl/N-ethyl adjacent to an activating group) is 1. The highest BCUT2D eigenvalue weighted by Crippen LogP contribution is 2.78. The molecule has 0 spiro atoms. The monoisotopic (exact) mass is 719 g/mol. The largest absolute Gasteiger partial charge is 0.454 e. The van der Waals surface area contributed by atoms with Crippen LogP contribution in [0.25, 0.3) is 0 Å². The molecule has 0 radical (unpaired) electrons. The molecule has 52 heavy (non-hydrogen) atoms.